The Labute approximate surface area is 140 Å². The number of amides is 1. The van der Waals surface area contributed by atoms with Crippen LogP contribution in [-0.2, 0) is 5.41 Å². The third-order valence-corrected chi connectivity index (χ3v) is 6.13. The number of H-pyrrole nitrogens is 1. The zero-order chi connectivity index (χ0) is 16.3. The largest absolute Gasteiger partial charge is 0.424 e. The summed E-state index contributed by atoms with van der Waals surface area (Å²) >= 11 is 0. The fraction of sp³-hybridized carbons (Fsp3) is 0.611. The van der Waals surface area contributed by atoms with Gasteiger partial charge in [-0.1, -0.05) is 6.42 Å². The molecule has 2 aromatic rings. The van der Waals surface area contributed by atoms with E-state index in [1.165, 1.54) is 6.42 Å². The molecule has 126 valence electrons. The lowest BCUT2D eigenvalue weighted by atomic mass is 9.80. The molecule has 0 bridgehead atoms. The van der Waals surface area contributed by atoms with E-state index in [0.717, 1.165) is 55.1 Å². The first-order valence-electron chi connectivity index (χ1n) is 8.94. The highest BCUT2D eigenvalue weighted by Crippen LogP contribution is 2.51. The van der Waals surface area contributed by atoms with Crippen LogP contribution in [0.15, 0.2) is 16.8 Å². The van der Waals surface area contributed by atoms with Crippen molar-refractivity contribution in [1.82, 2.24) is 20.1 Å². The van der Waals surface area contributed by atoms with Gasteiger partial charge in [-0.15, -0.1) is 10.2 Å². The van der Waals surface area contributed by atoms with E-state index in [9.17, 15) is 4.79 Å². The number of rotatable bonds is 3. The Bertz CT molecular complexity index is 791. The van der Waals surface area contributed by atoms with Gasteiger partial charge in [-0.05, 0) is 44.1 Å². The highest BCUT2D eigenvalue weighted by Gasteiger charge is 2.55. The van der Waals surface area contributed by atoms with Crippen LogP contribution in [0, 0.1) is 12.8 Å². The minimum Gasteiger partial charge on any atom is -0.424 e. The minimum atomic E-state index is -0.125. The van der Waals surface area contributed by atoms with Crippen molar-refractivity contribution in [3.8, 4) is 0 Å². The highest BCUT2D eigenvalue weighted by molar-refractivity contribution is 5.95. The number of aromatic amines is 1. The molecular formula is C18H22N4O2. The molecule has 3 aliphatic rings. The second-order valence-corrected chi connectivity index (χ2v) is 7.70. The van der Waals surface area contributed by atoms with Crippen molar-refractivity contribution in [2.24, 2.45) is 5.92 Å². The molecule has 1 N–H and O–H groups in total. The van der Waals surface area contributed by atoms with E-state index < -0.39 is 0 Å². The van der Waals surface area contributed by atoms with Crippen molar-refractivity contribution in [2.45, 2.75) is 50.4 Å². The number of nitrogens with one attached hydrogen (secondary N) is 1. The van der Waals surface area contributed by atoms with Crippen LogP contribution in [0.4, 0.5) is 0 Å². The lowest BCUT2D eigenvalue weighted by Gasteiger charge is -2.24. The summed E-state index contributed by atoms with van der Waals surface area (Å²) < 4.78 is 6.07. The zero-order valence-corrected chi connectivity index (χ0v) is 13.9. The molecule has 1 amide bonds. The molecule has 6 nitrogen and oxygen atoms in total. The summed E-state index contributed by atoms with van der Waals surface area (Å²) in [7, 11) is 0. The first-order valence-corrected chi connectivity index (χ1v) is 8.94. The van der Waals surface area contributed by atoms with Crippen LogP contribution in [0.25, 0.3) is 0 Å². The van der Waals surface area contributed by atoms with Crippen molar-refractivity contribution in [1.29, 1.82) is 0 Å². The first kappa shape index (κ1) is 14.3. The van der Waals surface area contributed by atoms with Crippen LogP contribution in [0.5, 0.6) is 0 Å². The lowest BCUT2D eigenvalue weighted by molar-refractivity contribution is 0.0775. The smallest absolute Gasteiger partial charge is 0.255 e. The molecule has 2 aliphatic carbocycles. The Hall–Kier alpha value is -2.11. The van der Waals surface area contributed by atoms with Crippen LogP contribution >= 0.6 is 0 Å². The summed E-state index contributed by atoms with van der Waals surface area (Å²) in [5.41, 5.74) is 1.65. The van der Waals surface area contributed by atoms with Crippen LogP contribution < -0.4 is 0 Å². The van der Waals surface area contributed by atoms with Gasteiger partial charge < -0.3 is 14.3 Å². The van der Waals surface area contributed by atoms with Crippen LogP contribution in [-0.4, -0.2) is 39.1 Å². The number of carbonyl (C=O) groups is 1. The molecule has 3 heterocycles. The number of likely N-dealkylation sites (tertiary alicyclic amines) is 1. The molecule has 1 saturated heterocycles. The highest BCUT2D eigenvalue weighted by atomic mass is 16.4. The van der Waals surface area contributed by atoms with Crippen LogP contribution in [0.3, 0.4) is 0 Å². The van der Waals surface area contributed by atoms with E-state index in [1.807, 2.05) is 18.0 Å². The zero-order valence-electron chi connectivity index (χ0n) is 13.9. The van der Waals surface area contributed by atoms with Gasteiger partial charge in [0.25, 0.3) is 5.91 Å². The van der Waals surface area contributed by atoms with Gasteiger partial charge in [0.2, 0.25) is 11.8 Å². The Morgan fingerprint density at radius 2 is 2.21 bits per heavy atom. The monoisotopic (exact) mass is 326 g/mol. The van der Waals surface area contributed by atoms with Gasteiger partial charge in [0, 0.05) is 31.4 Å². The molecule has 0 spiro atoms. The van der Waals surface area contributed by atoms with E-state index in [-0.39, 0.29) is 11.3 Å². The van der Waals surface area contributed by atoms with Crippen LogP contribution in [0.2, 0.25) is 0 Å². The third kappa shape index (κ3) is 1.98. The molecular weight excluding hydrogens is 304 g/mol. The van der Waals surface area contributed by atoms with E-state index in [1.54, 1.807) is 6.20 Å². The van der Waals surface area contributed by atoms with E-state index in [2.05, 4.69) is 15.2 Å². The van der Waals surface area contributed by atoms with Crippen molar-refractivity contribution in [2.75, 3.05) is 13.1 Å². The summed E-state index contributed by atoms with van der Waals surface area (Å²) in [4.78, 5) is 17.9. The molecule has 6 heteroatoms. The molecule has 2 saturated carbocycles. The molecule has 0 radical (unpaired) electrons. The Morgan fingerprint density at radius 1 is 1.33 bits per heavy atom. The molecule has 2 atom stereocenters. The predicted molar refractivity (Wildman–Crippen MR) is 86.7 cm³/mol. The second kappa shape index (κ2) is 4.94. The maximum atomic E-state index is 12.9. The number of nitrogens with zero attached hydrogens (tertiary/aromatic N) is 3. The molecule has 0 aromatic carbocycles. The van der Waals surface area contributed by atoms with Gasteiger partial charge in [-0.2, -0.15) is 0 Å². The van der Waals surface area contributed by atoms with Crippen molar-refractivity contribution in [3.05, 3.63) is 35.3 Å². The van der Waals surface area contributed by atoms with E-state index >= 15 is 0 Å². The number of carbonyl (C=O) groups excluding carboxylic acids is 1. The summed E-state index contributed by atoms with van der Waals surface area (Å²) in [6, 6.07) is 0. The van der Waals surface area contributed by atoms with Gasteiger partial charge in [0.1, 0.15) is 0 Å². The second-order valence-electron chi connectivity index (χ2n) is 7.70. The van der Waals surface area contributed by atoms with Gasteiger partial charge in [-0.3, -0.25) is 4.79 Å². The average molecular weight is 326 g/mol. The summed E-state index contributed by atoms with van der Waals surface area (Å²) in [6.45, 7) is 3.47. The SMILES string of the molecule is Cc1c[nH]cc1C(=O)N1C[C@@H]2CCC[C@]2(c2nnc(C3CC3)o2)C1. The normalized spacial score (nSPS) is 29.2. The molecule has 1 aliphatic heterocycles. The first-order chi connectivity index (χ1) is 11.7. The lowest BCUT2D eigenvalue weighted by Crippen LogP contribution is -2.35. The molecule has 5 rings (SSSR count). The molecule has 24 heavy (non-hydrogen) atoms. The summed E-state index contributed by atoms with van der Waals surface area (Å²) in [5, 5.41) is 8.69. The van der Waals surface area contributed by atoms with Gasteiger partial charge >= 0.3 is 0 Å². The van der Waals surface area contributed by atoms with Crippen molar-refractivity contribution in [3.63, 3.8) is 0 Å². The van der Waals surface area contributed by atoms with Crippen LogP contribution in [0.1, 0.15) is 65.7 Å². The standard InChI is InChI=1S/C18H22N4O2/c1-11-7-19-8-14(11)16(23)22-9-13-3-2-6-18(13,10-22)17-21-20-15(24-17)12-4-5-12/h7-8,12-13,19H,2-6,9-10H2,1H3/t13-,18-/m0/s1. The van der Waals surface area contributed by atoms with Gasteiger partial charge in [0.15, 0.2) is 0 Å². The fourth-order valence-electron chi connectivity index (χ4n) is 4.57. The Morgan fingerprint density at radius 3 is 2.96 bits per heavy atom. The number of hydrogen-bond donors (Lipinski definition) is 1. The summed E-state index contributed by atoms with van der Waals surface area (Å²) in [5.74, 6) is 2.60. The van der Waals surface area contributed by atoms with Gasteiger partial charge in [0.05, 0.1) is 11.0 Å². The molecule has 0 unspecified atom stereocenters. The number of aromatic nitrogens is 3. The number of aryl methyl sites for hydroxylation is 1. The number of hydrogen-bond acceptors (Lipinski definition) is 4. The van der Waals surface area contributed by atoms with Gasteiger partial charge in [-0.25, -0.2) is 0 Å². The maximum absolute atomic E-state index is 12.9. The Balaban J connectivity index is 1.45. The fourth-order valence-corrected chi connectivity index (χ4v) is 4.57. The average Bonchev–Trinajstić information content (AvgIpc) is 2.97. The number of fused-ring (bicyclic) bond motifs is 1. The predicted octanol–water partition coefficient (Wildman–Crippen LogP) is 2.78. The van der Waals surface area contributed by atoms with E-state index in [4.69, 9.17) is 4.42 Å². The van der Waals surface area contributed by atoms with Crippen molar-refractivity contribution >= 4 is 5.91 Å². The minimum absolute atomic E-state index is 0.115. The molecule has 2 aromatic heterocycles. The van der Waals surface area contributed by atoms with E-state index in [0.29, 0.717) is 18.4 Å². The molecule has 3 fully saturated rings. The quantitative estimate of drug-likeness (QED) is 0.941. The Kier molecular flexibility index (Phi) is 2.94. The third-order valence-electron chi connectivity index (χ3n) is 6.13. The van der Waals surface area contributed by atoms with Crippen molar-refractivity contribution < 1.29 is 9.21 Å². The topological polar surface area (TPSA) is 75.0 Å². The maximum Gasteiger partial charge on any atom is 0.255 e. The summed E-state index contributed by atoms with van der Waals surface area (Å²) in [6.07, 6.45) is 9.36.